The number of benzene rings is 1. The number of hydrogen-bond donors (Lipinski definition) is 1. The molecule has 96 valence electrons. The molecule has 1 aromatic carbocycles. The van der Waals surface area contributed by atoms with Crippen molar-refractivity contribution in [3.8, 4) is 5.75 Å². The second-order valence-electron chi connectivity index (χ2n) is 5.31. The summed E-state index contributed by atoms with van der Waals surface area (Å²) >= 11 is 0. The first kappa shape index (κ1) is 11.6. The van der Waals surface area contributed by atoms with Crippen LogP contribution >= 0.6 is 0 Å². The van der Waals surface area contributed by atoms with E-state index in [1.165, 1.54) is 27.7 Å². The fourth-order valence-electron chi connectivity index (χ4n) is 3.13. The molecule has 0 amide bonds. The van der Waals surface area contributed by atoms with Gasteiger partial charge in [0.05, 0.1) is 12.6 Å². The molecule has 2 heterocycles. The summed E-state index contributed by atoms with van der Waals surface area (Å²) < 4.78 is 7.74. The summed E-state index contributed by atoms with van der Waals surface area (Å²) in [7, 11) is 3.90. The number of nitrogens with zero attached hydrogens (tertiary/aromatic N) is 1. The molecule has 3 nitrogen and oxygen atoms in total. The van der Waals surface area contributed by atoms with Gasteiger partial charge in [-0.1, -0.05) is 0 Å². The molecule has 0 saturated heterocycles. The first-order chi connectivity index (χ1) is 8.61. The van der Waals surface area contributed by atoms with E-state index in [1.807, 2.05) is 0 Å². The topological polar surface area (TPSA) is 26.2 Å². The number of methoxy groups -OCH3 is 1. The van der Waals surface area contributed by atoms with Crippen LogP contribution in [0.4, 0.5) is 0 Å². The zero-order valence-electron chi connectivity index (χ0n) is 11.5. The zero-order chi connectivity index (χ0) is 12.9. The molecule has 0 aliphatic carbocycles. The maximum absolute atomic E-state index is 5.41. The van der Waals surface area contributed by atoms with Gasteiger partial charge < -0.3 is 14.6 Å². The Morgan fingerprint density at radius 3 is 2.89 bits per heavy atom. The number of hydrogen-bond acceptors (Lipinski definition) is 2. The van der Waals surface area contributed by atoms with Crippen molar-refractivity contribution in [1.82, 2.24) is 9.88 Å². The third kappa shape index (κ3) is 1.54. The van der Waals surface area contributed by atoms with E-state index in [0.717, 1.165) is 18.7 Å². The summed E-state index contributed by atoms with van der Waals surface area (Å²) in [5.74, 6) is 0.958. The molecule has 1 aliphatic rings. The van der Waals surface area contributed by atoms with Gasteiger partial charge in [-0.15, -0.1) is 0 Å². The number of nitrogens with one attached hydrogen (secondary N) is 1. The van der Waals surface area contributed by atoms with Crippen LogP contribution in [-0.4, -0.2) is 17.7 Å². The van der Waals surface area contributed by atoms with Gasteiger partial charge in [0.25, 0.3) is 0 Å². The SMILES string of the molecule is COc1cc(C)c2c(c1)c1c(n2C)CNC(C)C1. The third-order valence-corrected chi connectivity index (χ3v) is 4.05. The summed E-state index contributed by atoms with van der Waals surface area (Å²) in [4.78, 5) is 0. The molecular weight excluding hydrogens is 224 g/mol. The van der Waals surface area contributed by atoms with Crippen molar-refractivity contribution < 1.29 is 4.74 Å². The van der Waals surface area contributed by atoms with Gasteiger partial charge in [-0.25, -0.2) is 0 Å². The molecule has 0 spiro atoms. The Bertz CT molecular complexity index is 613. The predicted molar refractivity (Wildman–Crippen MR) is 74.2 cm³/mol. The molecule has 2 aromatic rings. The van der Waals surface area contributed by atoms with Gasteiger partial charge in [0, 0.05) is 30.7 Å². The molecule has 0 radical (unpaired) electrons. The Morgan fingerprint density at radius 1 is 1.39 bits per heavy atom. The van der Waals surface area contributed by atoms with Crippen molar-refractivity contribution in [2.45, 2.75) is 32.9 Å². The lowest BCUT2D eigenvalue weighted by atomic mass is 9.99. The van der Waals surface area contributed by atoms with E-state index in [1.54, 1.807) is 7.11 Å². The second-order valence-corrected chi connectivity index (χ2v) is 5.31. The van der Waals surface area contributed by atoms with Crippen molar-refractivity contribution in [2.24, 2.45) is 7.05 Å². The Balaban J connectivity index is 2.34. The molecule has 0 saturated carbocycles. The Labute approximate surface area is 108 Å². The fourth-order valence-corrected chi connectivity index (χ4v) is 3.13. The van der Waals surface area contributed by atoms with E-state index in [4.69, 9.17) is 4.74 Å². The van der Waals surface area contributed by atoms with Crippen LogP contribution in [0.2, 0.25) is 0 Å². The van der Waals surface area contributed by atoms with E-state index in [2.05, 4.69) is 42.9 Å². The average Bonchev–Trinajstić information content (AvgIpc) is 2.63. The Hall–Kier alpha value is -1.48. The van der Waals surface area contributed by atoms with E-state index < -0.39 is 0 Å². The molecule has 1 unspecified atom stereocenters. The summed E-state index contributed by atoms with van der Waals surface area (Å²) in [6.45, 7) is 5.37. The molecular formula is C15H20N2O. The molecule has 18 heavy (non-hydrogen) atoms. The molecule has 1 aliphatic heterocycles. The normalized spacial score (nSPS) is 19.0. The van der Waals surface area contributed by atoms with Crippen molar-refractivity contribution in [3.63, 3.8) is 0 Å². The highest BCUT2D eigenvalue weighted by Crippen LogP contribution is 2.33. The minimum atomic E-state index is 0.551. The van der Waals surface area contributed by atoms with Gasteiger partial charge in [0.15, 0.2) is 0 Å². The Kier molecular flexibility index (Phi) is 2.59. The van der Waals surface area contributed by atoms with Crippen molar-refractivity contribution in [1.29, 1.82) is 0 Å². The summed E-state index contributed by atoms with van der Waals surface area (Å²) in [6.07, 6.45) is 1.10. The smallest absolute Gasteiger partial charge is 0.119 e. The highest BCUT2D eigenvalue weighted by atomic mass is 16.5. The van der Waals surface area contributed by atoms with Crippen LogP contribution in [0.3, 0.4) is 0 Å². The minimum Gasteiger partial charge on any atom is -0.497 e. The summed E-state index contributed by atoms with van der Waals surface area (Å²) in [5.41, 5.74) is 5.53. The van der Waals surface area contributed by atoms with Crippen molar-refractivity contribution >= 4 is 10.9 Å². The van der Waals surface area contributed by atoms with Crippen LogP contribution in [0.15, 0.2) is 12.1 Å². The maximum Gasteiger partial charge on any atom is 0.119 e. The molecule has 1 N–H and O–H groups in total. The lowest BCUT2D eigenvalue weighted by Gasteiger charge is -2.21. The van der Waals surface area contributed by atoms with Gasteiger partial charge in [-0.2, -0.15) is 0 Å². The average molecular weight is 244 g/mol. The molecule has 0 fully saturated rings. The zero-order valence-corrected chi connectivity index (χ0v) is 11.5. The van der Waals surface area contributed by atoms with Crippen molar-refractivity contribution in [2.75, 3.05) is 7.11 Å². The standard InChI is InChI=1S/C15H20N2O/c1-9-5-11(18-4)7-13-12-6-10(2)16-8-14(12)17(3)15(9)13/h5,7,10,16H,6,8H2,1-4H3. The first-order valence-corrected chi connectivity index (χ1v) is 6.50. The number of rotatable bonds is 1. The molecule has 1 atom stereocenters. The lowest BCUT2D eigenvalue weighted by Crippen LogP contribution is -2.33. The number of aromatic nitrogens is 1. The molecule has 3 rings (SSSR count). The largest absolute Gasteiger partial charge is 0.497 e. The Morgan fingerprint density at radius 2 is 2.17 bits per heavy atom. The summed E-state index contributed by atoms with van der Waals surface area (Å²) in [5, 5.41) is 4.89. The van der Waals surface area contributed by atoms with Gasteiger partial charge in [-0.3, -0.25) is 0 Å². The highest BCUT2D eigenvalue weighted by molar-refractivity contribution is 5.89. The van der Waals surface area contributed by atoms with Gasteiger partial charge >= 0.3 is 0 Å². The van der Waals surface area contributed by atoms with Crippen LogP contribution in [0, 0.1) is 6.92 Å². The highest BCUT2D eigenvalue weighted by Gasteiger charge is 2.22. The molecule has 3 heteroatoms. The van der Waals surface area contributed by atoms with E-state index in [-0.39, 0.29) is 0 Å². The van der Waals surface area contributed by atoms with Crippen LogP contribution < -0.4 is 10.1 Å². The molecule has 1 aromatic heterocycles. The van der Waals surface area contributed by atoms with Gasteiger partial charge in [0.1, 0.15) is 5.75 Å². The predicted octanol–water partition coefficient (Wildman–Crippen LogP) is 2.53. The first-order valence-electron chi connectivity index (χ1n) is 6.50. The van der Waals surface area contributed by atoms with E-state index in [0.29, 0.717) is 6.04 Å². The van der Waals surface area contributed by atoms with Crippen LogP contribution in [0.25, 0.3) is 10.9 Å². The monoisotopic (exact) mass is 244 g/mol. The summed E-state index contributed by atoms with van der Waals surface area (Å²) in [6, 6.07) is 4.85. The third-order valence-electron chi connectivity index (χ3n) is 4.05. The lowest BCUT2D eigenvalue weighted by molar-refractivity contribution is 0.415. The van der Waals surface area contributed by atoms with Crippen LogP contribution in [-0.2, 0) is 20.0 Å². The van der Waals surface area contributed by atoms with Crippen molar-refractivity contribution in [3.05, 3.63) is 29.0 Å². The number of aryl methyl sites for hydroxylation is 2. The second kappa shape index (κ2) is 4.02. The minimum absolute atomic E-state index is 0.551. The van der Waals surface area contributed by atoms with E-state index >= 15 is 0 Å². The fraction of sp³-hybridized carbons (Fsp3) is 0.467. The molecule has 0 bridgehead atoms. The van der Waals surface area contributed by atoms with Gasteiger partial charge in [-0.05, 0) is 43.5 Å². The van der Waals surface area contributed by atoms with Crippen LogP contribution in [0.5, 0.6) is 5.75 Å². The van der Waals surface area contributed by atoms with Crippen LogP contribution in [0.1, 0.15) is 23.7 Å². The maximum atomic E-state index is 5.41. The number of ether oxygens (including phenoxy) is 1. The quantitative estimate of drug-likeness (QED) is 0.834. The number of fused-ring (bicyclic) bond motifs is 3. The van der Waals surface area contributed by atoms with E-state index in [9.17, 15) is 0 Å². The van der Waals surface area contributed by atoms with Gasteiger partial charge in [0.2, 0.25) is 0 Å².